The smallest absolute Gasteiger partial charge is 0.323 e. The summed E-state index contributed by atoms with van der Waals surface area (Å²) in [6.45, 7) is 2.60. The van der Waals surface area contributed by atoms with Gasteiger partial charge in [0.15, 0.2) is 0 Å². The molecule has 2 atom stereocenters. The average molecular weight is 205 g/mol. The molecule has 0 radical (unpaired) electrons. The van der Waals surface area contributed by atoms with Crippen LogP contribution in [0.1, 0.15) is 24.9 Å². The second-order valence-electron chi connectivity index (χ2n) is 3.81. The maximum Gasteiger partial charge on any atom is 0.323 e. The maximum absolute atomic E-state index is 11.3. The van der Waals surface area contributed by atoms with Gasteiger partial charge in [-0.25, -0.2) is 0 Å². The van der Waals surface area contributed by atoms with Crippen molar-refractivity contribution in [2.45, 2.75) is 25.4 Å². The first-order chi connectivity index (χ1) is 7.27. The van der Waals surface area contributed by atoms with E-state index in [0.717, 1.165) is 6.42 Å². The minimum atomic E-state index is -0.139. The number of esters is 1. The third kappa shape index (κ3) is 2.36. The molecule has 0 aliphatic carbocycles. The molecule has 1 aromatic rings. The van der Waals surface area contributed by atoms with Crippen LogP contribution in [0.4, 0.5) is 0 Å². The van der Waals surface area contributed by atoms with Crippen LogP contribution in [0.3, 0.4) is 0 Å². The van der Waals surface area contributed by atoms with Gasteiger partial charge in [-0.2, -0.15) is 0 Å². The van der Waals surface area contributed by atoms with E-state index in [1.807, 2.05) is 18.2 Å². The van der Waals surface area contributed by atoms with Crippen LogP contribution in [0.2, 0.25) is 0 Å². The zero-order valence-corrected chi connectivity index (χ0v) is 8.77. The number of hydrogen-bond donors (Lipinski definition) is 1. The molecule has 3 heteroatoms. The highest BCUT2D eigenvalue weighted by atomic mass is 16.5. The summed E-state index contributed by atoms with van der Waals surface area (Å²) >= 11 is 0. The summed E-state index contributed by atoms with van der Waals surface area (Å²) in [5, 5.41) is 3.27. The Labute approximate surface area is 89.4 Å². The molecule has 1 aliphatic heterocycles. The summed E-state index contributed by atoms with van der Waals surface area (Å²) in [7, 11) is 0. The monoisotopic (exact) mass is 205 g/mol. The molecule has 0 saturated carbocycles. The van der Waals surface area contributed by atoms with E-state index in [1.54, 1.807) is 0 Å². The fourth-order valence-electron chi connectivity index (χ4n) is 1.79. The quantitative estimate of drug-likeness (QED) is 0.762. The summed E-state index contributed by atoms with van der Waals surface area (Å²) < 4.78 is 4.90. The molecule has 1 aromatic carbocycles. The molecule has 80 valence electrons. The SMILES string of the molecule is CC(NC1CCOC1=O)c1ccccc1. The minimum Gasteiger partial charge on any atom is -0.464 e. The van der Waals surface area contributed by atoms with Crippen LogP contribution < -0.4 is 5.32 Å². The summed E-state index contributed by atoms with van der Waals surface area (Å²) in [5.41, 5.74) is 1.19. The van der Waals surface area contributed by atoms with Crippen molar-refractivity contribution in [3.05, 3.63) is 35.9 Å². The molecule has 1 N–H and O–H groups in total. The fraction of sp³-hybridized carbons (Fsp3) is 0.417. The van der Waals surface area contributed by atoms with E-state index < -0.39 is 0 Å². The predicted molar refractivity (Wildman–Crippen MR) is 57.4 cm³/mol. The van der Waals surface area contributed by atoms with Gasteiger partial charge in [0, 0.05) is 12.5 Å². The standard InChI is InChI=1S/C12H15NO2/c1-9(10-5-3-2-4-6-10)13-11-7-8-15-12(11)14/h2-6,9,11,13H,7-8H2,1H3. The lowest BCUT2D eigenvalue weighted by molar-refractivity contribution is -0.139. The summed E-state index contributed by atoms with van der Waals surface area (Å²) in [6.07, 6.45) is 0.774. The Morgan fingerprint density at radius 3 is 2.73 bits per heavy atom. The molecule has 2 unspecified atom stereocenters. The van der Waals surface area contributed by atoms with Crippen molar-refractivity contribution in [2.24, 2.45) is 0 Å². The minimum absolute atomic E-state index is 0.127. The highest BCUT2D eigenvalue weighted by Gasteiger charge is 2.27. The number of carbonyl (C=O) groups is 1. The average Bonchev–Trinajstić information content (AvgIpc) is 2.66. The van der Waals surface area contributed by atoms with Gasteiger partial charge in [0.2, 0.25) is 0 Å². The van der Waals surface area contributed by atoms with Gasteiger partial charge < -0.3 is 4.74 Å². The second kappa shape index (κ2) is 4.45. The topological polar surface area (TPSA) is 38.3 Å². The maximum atomic E-state index is 11.3. The normalized spacial score (nSPS) is 22.5. The van der Waals surface area contributed by atoms with Crippen LogP contribution in [0.5, 0.6) is 0 Å². The van der Waals surface area contributed by atoms with Gasteiger partial charge in [0.05, 0.1) is 6.61 Å². The van der Waals surface area contributed by atoms with E-state index in [4.69, 9.17) is 4.74 Å². The molecule has 0 spiro atoms. The molecule has 2 rings (SSSR count). The first-order valence-electron chi connectivity index (χ1n) is 5.25. The van der Waals surface area contributed by atoms with Gasteiger partial charge in [0.1, 0.15) is 6.04 Å². The summed E-state index contributed by atoms with van der Waals surface area (Å²) in [4.78, 5) is 11.3. The lowest BCUT2D eigenvalue weighted by Crippen LogP contribution is -2.34. The number of benzene rings is 1. The third-order valence-electron chi connectivity index (χ3n) is 2.69. The first-order valence-corrected chi connectivity index (χ1v) is 5.25. The Kier molecular flexibility index (Phi) is 3.02. The molecule has 0 aromatic heterocycles. The predicted octanol–water partition coefficient (Wildman–Crippen LogP) is 1.65. The van der Waals surface area contributed by atoms with E-state index in [1.165, 1.54) is 5.56 Å². The van der Waals surface area contributed by atoms with Crippen molar-refractivity contribution in [1.82, 2.24) is 5.32 Å². The Morgan fingerprint density at radius 2 is 2.13 bits per heavy atom. The Balaban J connectivity index is 1.98. The van der Waals surface area contributed by atoms with Crippen LogP contribution >= 0.6 is 0 Å². The lowest BCUT2D eigenvalue weighted by Gasteiger charge is -2.16. The van der Waals surface area contributed by atoms with Crippen molar-refractivity contribution < 1.29 is 9.53 Å². The highest BCUT2D eigenvalue weighted by molar-refractivity contribution is 5.77. The van der Waals surface area contributed by atoms with Crippen molar-refractivity contribution >= 4 is 5.97 Å². The number of carbonyl (C=O) groups excluding carboxylic acids is 1. The largest absolute Gasteiger partial charge is 0.464 e. The van der Waals surface area contributed by atoms with Crippen LogP contribution in [0.25, 0.3) is 0 Å². The van der Waals surface area contributed by atoms with Gasteiger partial charge in [-0.15, -0.1) is 0 Å². The van der Waals surface area contributed by atoms with Crippen LogP contribution in [0.15, 0.2) is 30.3 Å². The molecular formula is C12H15NO2. The van der Waals surface area contributed by atoms with Crippen LogP contribution in [-0.2, 0) is 9.53 Å². The number of cyclic esters (lactones) is 1. The molecule has 1 saturated heterocycles. The van der Waals surface area contributed by atoms with E-state index in [0.29, 0.717) is 6.61 Å². The number of rotatable bonds is 3. The number of hydrogen-bond acceptors (Lipinski definition) is 3. The molecule has 0 amide bonds. The van der Waals surface area contributed by atoms with Gasteiger partial charge in [-0.3, -0.25) is 10.1 Å². The van der Waals surface area contributed by atoms with Gasteiger partial charge in [0.25, 0.3) is 0 Å². The third-order valence-corrected chi connectivity index (χ3v) is 2.69. The van der Waals surface area contributed by atoms with Crippen molar-refractivity contribution in [1.29, 1.82) is 0 Å². The summed E-state index contributed by atoms with van der Waals surface area (Å²) in [5.74, 6) is -0.127. The van der Waals surface area contributed by atoms with Gasteiger partial charge in [-0.05, 0) is 12.5 Å². The second-order valence-corrected chi connectivity index (χ2v) is 3.81. The fourth-order valence-corrected chi connectivity index (χ4v) is 1.79. The molecular weight excluding hydrogens is 190 g/mol. The Morgan fingerprint density at radius 1 is 1.40 bits per heavy atom. The van der Waals surface area contributed by atoms with Crippen molar-refractivity contribution in [2.75, 3.05) is 6.61 Å². The van der Waals surface area contributed by atoms with Crippen LogP contribution in [0, 0.1) is 0 Å². The van der Waals surface area contributed by atoms with E-state index in [2.05, 4.69) is 24.4 Å². The molecule has 1 aliphatic rings. The van der Waals surface area contributed by atoms with E-state index in [9.17, 15) is 4.79 Å². The number of ether oxygens (including phenoxy) is 1. The van der Waals surface area contributed by atoms with Crippen molar-refractivity contribution in [3.8, 4) is 0 Å². The lowest BCUT2D eigenvalue weighted by atomic mass is 10.1. The van der Waals surface area contributed by atoms with Crippen molar-refractivity contribution in [3.63, 3.8) is 0 Å². The molecule has 1 fully saturated rings. The van der Waals surface area contributed by atoms with E-state index in [-0.39, 0.29) is 18.1 Å². The van der Waals surface area contributed by atoms with Crippen LogP contribution in [-0.4, -0.2) is 18.6 Å². The van der Waals surface area contributed by atoms with Gasteiger partial charge >= 0.3 is 5.97 Å². The molecule has 1 heterocycles. The van der Waals surface area contributed by atoms with Gasteiger partial charge in [-0.1, -0.05) is 30.3 Å². The molecule has 15 heavy (non-hydrogen) atoms. The molecule has 3 nitrogen and oxygen atoms in total. The zero-order chi connectivity index (χ0) is 10.7. The zero-order valence-electron chi connectivity index (χ0n) is 8.77. The number of nitrogens with one attached hydrogen (secondary N) is 1. The van der Waals surface area contributed by atoms with E-state index >= 15 is 0 Å². The Hall–Kier alpha value is -1.35. The Bertz CT molecular complexity index is 337. The highest BCUT2D eigenvalue weighted by Crippen LogP contribution is 2.15. The summed E-state index contributed by atoms with van der Waals surface area (Å²) in [6, 6.07) is 10.1. The first kappa shape index (κ1) is 10.2. The molecule has 0 bridgehead atoms.